The van der Waals surface area contributed by atoms with Gasteiger partial charge in [0.05, 0.1) is 12.2 Å². The maximum Gasteiger partial charge on any atom is 0.143 e. The van der Waals surface area contributed by atoms with E-state index in [4.69, 9.17) is 22.1 Å². The molecule has 0 spiro atoms. The molecule has 1 aliphatic rings. The third-order valence-corrected chi connectivity index (χ3v) is 3.82. The maximum absolute atomic E-state index is 6.04. The van der Waals surface area contributed by atoms with Crippen LogP contribution in [-0.2, 0) is 6.54 Å². The van der Waals surface area contributed by atoms with Gasteiger partial charge in [-0.2, -0.15) is 0 Å². The Kier molecular flexibility index (Phi) is 3.46. The van der Waals surface area contributed by atoms with Crippen LogP contribution in [0.1, 0.15) is 19.4 Å². The Labute approximate surface area is 130 Å². The lowest BCUT2D eigenvalue weighted by Crippen LogP contribution is -2.46. The van der Waals surface area contributed by atoms with Gasteiger partial charge in [0.2, 0.25) is 0 Å². The van der Waals surface area contributed by atoms with E-state index >= 15 is 0 Å². The van der Waals surface area contributed by atoms with Crippen LogP contribution in [0.3, 0.4) is 0 Å². The number of ether oxygens (including phenoxy) is 1. The van der Waals surface area contributed by atoms with E-state index in [1.54, 1.807) is 0 Å². The van der Waals surface area contributed by atoms with Crippen LogP contribution in [0, 0.1) is 0 Å². The fourth-order valence-electron chi connectivity index (χ4n) is 2.69. The van der Waals surface area contributed by atoms with E-state index < -0.39 is 0 Å². The van der Waals surface area contributed by atoms with Crippen LogP contribution >= 0.6 is 11.6 Å². The summed E-state index contributed by atoms with van der Waals surface area (Å²) >= 11 is 5.95. The molecule has 4 heteroatoms. The fourth-order valence-corrected chi connectivity index (χ4v) is 2.82. The van der Waals surface area contributed by atoms with E-state index in [0.717, 1.165) is 35.2 Å². The van der Waals surface area contributed by atoms with Crippen molar-refractivity contribution in [3.05, 3.63) is 53.1 Å². The van der Waals surface area contributed by atoms with E-state index in [1.165, 1.54) is 5.56 Å². The third-order valence-electron chi connectivity index (χ3n) is 3.57. The highest BCUT2D eigenvalue weighted by Gasteiger charge is 2.31. The average Bonchev–Trinajstić information content (AvgIpc) is 2.41. The summed E-state index contributed by atoms with van der Waals surface area (Å²) in [4.78, 5) is 2.30. The number of hydrogen-bond donors (Lipinski definition) is 1. The van der Waals surface area contributed by atoms with Gasteiger partial charge in [-0.25, -0.2) is 0 Å². The lowest BCUT2D eigenvalue weighted by atomic mass is 10.0. The highest BCUT2D eigenvalue weighted by molar-refractivity contribution is 6.30. The number of hydrogen-bond acceptors (Lipinski definition) is 3. The number of halogens is 1. The van der Waals surface area contributed by atoms with Gasteiger partial charge in [0.1, 0.15) is 11.4 Å². The van der Waals surface area contributed by atoms with Crippen molar-refractivity contribution in [2.75, 3.05) is 17.2 Å². The van der Waals surface area contributed by atoms with E-state index in [9.17, 15) is 0 Å². The zero-order valence-corrected chi connectivity index (χ0v) is 13.0. The Morgan fingerprint density at radius 3 is 2.62 bits per heavy atom. The van der Waals surface area contributed by atoms with Gasteiger partial charge in [0.15, 0.2) is 0 Å². The van der Waals surface area contributed by atoms with Gasteiger partial charge < -0.3 is 15.4 Å². The topological polar surface area (TPSA) is 38.5 Å². The van der Waals surface area contributed by atoms with Gasteiger partial charge in [0, 0.05) is 17.3 Å². The molecule has 0 aromatic heterocycles. The van der Waals surface area contributed by atoms with Crippen LogP contribution in [0.25, 0.3) is 0 Å². The first-order chi connectivity index (χ1) is 9.93. The summed E-state index contributed by atoms with van der Waals surface area (Å²) in [5.74, 6) is 0.884. The van der Waals surface area contributed by atoms with Crippen molar-refractivity contribution < 1.29 is 4.74 Å². The second-order valence-corrected chi connectivity index (χ2v) is 6.51. The molecule has 2 aromatic carbocycles. The zero-order chi connectivity index (χ0) is 15.0. The Balaban J connectivity index is 1.94. The molecule has 3 rings (SSSR count). The highest BCUT2D eigenvalue weighted by Crippen LogP contribution is 2.39. The molecule has 0 radical (unpaired) electrons. The second-order valence-electron chi connectivity index (χ2n) is 6.07. The minimum Gasteiger partial charge on any atom is -0.484 e. The highest BCUT2D eigenvalue weighted by atomic mass is 35.5. The van der Waals surface area contributed by atoms with Gasteiger partial charge in [0.25, 0.3) is 0 Å². The number of benzene rings is 2. The molecule has 1 aliphatic heterocycles. The van der Waals surface area contributed by atoms with Gasteiger partial charge in [-0.15, -0.1) is 0 Å². The molecule has 0 saturated heterocycles. The van der Waals surface area contributed by atoms with Crippen LogP contribution in [0.5, 0.6) is 5.75 Å². The van der Waals surface area contributed by atoms with Crippen molar-refractivity contribution in [1.29, 1.82) is 0 Å². The first kappa shape index (κ1) is 14.1. The molecular weight excluding hydrogens is 284 g/mol. The Hall–Kier alpha value is -1.87. The molecule has 0 atom stereocenters. The normalized spacial score (nSPS) is 16.2. The summed E-state index contributed by atoms with van der Waals surface area (Å²) in [6.45, 7) is 5.81. The van der Waals surface area contributed by atoms with Gasteiger partial charge in [-0.3, -0.25) is 0 Å². The molecule has 1 heterocycles. The predicted molar refractivity (Wildman–Crippen MR) is 88.1 cm³/mol. The van der Waals surface area contributed by atoms with Crippen LogP contribution in [0.4, 0.5) is 11.4 Å². The molecule has 0 fully saturated rings. The number of nitrogens with two attached hydrogens (primary N) is 1. The number of anilines is 2. The number of rotatable bonds is 2. The Bertz CT molecular complexity index is 652. The lowest BCUT2D eigenvalue weighted by molar-refractivity contribution is 0.104. The van der Waals surface area contributed by atoms with Crippen LogP contribution in [0.15, 0.2) is 42.5 Å². The summed E-state index contributed by atoms with van der Waals surface area (Å²) in [5, 5.41) is 0.755. The maximum atomic E-state index is 6.04. The van der Waals surface area contributed by atoms with Crippen molar-refractivity contribution >= 4 is 23.0 Å². The predicted octanol–water partition coefficient (Wildman–Crippen LogP) is 4.10. The molecule has 3 nitrogen and oxygen atoms in total. The Morgan fingerprint density at radius 1 is 1.19 bits per heavy atom. The zero-order valence-electron chi connectivity index (χ0n) is 12.3. The van der Waals surface area contributed by atoms with Gasteiger partial charge in [-0.1, -0.05) is 23.7 Å². The fraction of sp³-hybridized carbons (Fsp3) is 0.294. The van der Waals surface area contributed by atoms with E-state index in [0.29, 0.717) is 0 Å². The minimum absolute atomic E-state index is 0.227. The summed E-state index contributed by atoms with van der Waals surface area (Å²) in [6, 6.07) is 13.7. The summed E-state index contributed by atoms with van der Waals surface area (Å²) < 4.78 is 6.04. The Morgan fingerprint density at radius 2 is 1.90 bits per heavy atom. The van der Waals surface area contributed by atoms with E-state index in [2.05, 4.69) is 30.9 Å². The monoisotopic (exact) mass is 302 g/mol. The molecule has 2 N–H and O–H groups in total. The molecule has 0 unspecified atom stereocenters. The quantitative estimate of drug-likeness (QED) is 0.849. The van der Waals surface area contributed by atoms with Crippen molar-refractivity contribution in [2.24, 2.45) is 0 Å². The molecule has 0 aliphatic carbocycles. The summed E-state index contributed by atoms with van der Waals surface area (Å²) in [7, 11) is 0. The number of nitrogen functional groups attached to an aromatic ring is 1. The molecular formula is C17H19ClN2O. The first-order valence-electron chi connectivity index (χ1n) is 7.01. The van der Waals surface area contributed by atoms with E-state index in [-0.39, 0.29) is 5.60 Å². The van der Waals surface area contributed by atoms with Crippen molar-refractivity contribution in [3.8, 4) is 5.75 Å². The van der Waals surface area contributed by atoms with Crippen LogP contribution < -0.4 is 15.4 Å². The lowest BCUT2D eigenvalue weighted by Gasteiger charge is -2.41. The largest absolute Gasteiger partial charge is 0.484 e. The molecule has 0 bridgehead atoms. The molecule has 2 aromatic rings. The first-order valence-corrected chi connectivity index (χ1v) is 7.39. The van der Waals surface area contributed by atoms with Crippen molar-refractivity contribution in [2.45, 2.75) is 26.0 Å². The van der Waals surface area contributed by atoms with Crippen LogP contribution in [-0.4, -0.2) is 12.1 Å². The van der Waals surface area contributed by atoms with Gasteiger partial charge >= 0.3 is 0 Å². The van der Waals surface area contributed by atoms with Crippen molar-refractivity contribution in [1.82, 2.24) is 0 Å². The standard InChI is InChI=1S/C17H19ClN2O/c1-17(2)11-20(10-12-3-5-13(18)6-4-12)15-9-14(19)7-8-16(15)21-17/h3-9H,10-11,19H2,1-2H3. The van der Waals surface area contributed by atoms with Crippen molar-refractivity contribution in [3.63, 3.8) is 0 Å². The smallest absolute Gasteiger partial charge is 0.143 e. The third kappa shape index (κ3) is 3.08. The average molecular weight is 303 g/mol. The summed E-state index contributed by atoms with van der Waals surface area (Å²) in [5.41, 5.74) is 8.71. The minimum atomic E-state index is -0.227. The molecule has 0 amide bonds. The number of nitrogens with zero attached hydrogens (tertiary/aromatic N) is 1. The number of fused-ring (bicyclic) bond motifs is 1. The van der Waals surface area contributed by atoms with Gasteiger partial charge in [-0.05, 0) is 49.7 Å². The van der Waals surface area contributed by atoms with Crippen LogP contribution in [0.2, 0.25) is 5.02 Å². The van der Waals surface area contributed by atoms with E-state index in [1.807, 2.05) is 30.3 Å². The second kappa shape index (κ2) is 5.15. The molecule has 0 saturated carbocycles. The molecule has 110 valence electrons. The SMILES string of the molecule is CC1(C)CN(Cc2ccc(Cl)cc2)c2cc(N)ccc2O1. The summed E-state index contributed by atoms with van der Waals surface area (Å²) in [6.07, 6.45) is 0. The molecule has 21 heavy (non-hydrogen) atoms.